The van der Waals surface area contributed by atoms with Gasteiger partial charge in [-0.2, -0.15) is 0 Å². The number of carbonyl (C=O) groups is 2. The van der Waals surface area contributed by atoms with Gasteiger partial charge in [0.15, 0.2) is 0 Å². The monoisotopic (exact) mass is 884 g/mol. The summed E-state index contributed by atoms with van der Waals surface area (Å²) in [6.45, 7) is 4.84. The number of nitrogens with one attached hydrogen (secondary N) is 1. The molecule has 0 aromatic heterocycles. The average molecular weight is 884 g/mol. The van der Waals surface area contributed by atoms with E-state index in [1.165, 1.54) is 193 Å². The molecule has 0 rings (SSSR count). The van der Waals surface area contributed by atoms with E-state index in [2.05, 4.69) is 55.6 Å². The second-order valence-corrected chi connectivity index (χ2v) is 18.5. The van der Waals surface area contributed by atoms with Gasteiger partial charge in [0, 0.05) is 12.8 Å². The van der Waals surface area contributed by atoms with Crippen LogP contribution in [0.15, 0.2) is 48.6 Å². The molecule has 0 saturated heterocycles. The van der Waals surface area contributed by atoms with Crippen molar-refractivity contribution in [3.05, 3.63) is 48.6 Å². The molecule has 0 radical (unpaired) electrons. The first-order chi connectivity index (χ1) is 31.0. The average Bonchev–Trinajstić information content (AvgIpc) is 3.28. The summed E-state index contributed by atoms with van der Waals surface area (Å²) in [6.07, 6.45) is 65.5. The Morgan fingerprint density at radius 3 is 1.24 bits per heavy atom. The molecule has 0 aromatic carbocycles. The molecular formula is C57H105NO5. The minimum atomic E-state index is -0.849. The van der Waals surface area contributed by atoms with Gasteiger partial charge in [-0.05, 0) is 89.9 Å². The van der Waals surface area contributed by atoms with Gasteiger partial charge in [0.1, 0.15) is 0 Å². The summed E-state index contributed by atoms with van der Waals surface area (Å²) < 4.78 is 5.47. The number of aliphatic hydroxyl groups is 2. The predicted octanol–water partition coefficient (Wildman–Crippen LogP) is 16.6. The fourth-order valence-corrected chi connectivity index (χ4v) is 8.07. The maximum atomic E-state index is 12.4. The zero-order chi connectivity index (χ0) is 45.8. The van der Waals surface area contributed by atoms with E-state index in [0.29, 0.717) is 19.4 Å². The number of allylic oxidation sites excluding steroid dienone is 7. The lowest BCUT2D eigenvalue weighted by molar-refractivity contribution is -0.143. The molecule has 0 bridgehead atoms. The molecule has 6 heteroatoms. The third-order valence-corrected chi connectivity index (χ3v) is 12.3. The molecule has 0 saturated carbocycles. The molecule has 0 heterocycles. The van der Waals surface area contributed by atoms with E-state index in [1.54, 1.807) is 6.08 Å². The van der Waals surface area contributed by atoms with Gasteiger partial charge >= 0.3 is 5.97 Å². The van der Waals surface area contributed by atoms with Crippen LogP contribution in [0.1, 0.15) is 277 Å². The van der Waals surface area contributed by atoms with Crippen LogP contribution in [0.5, 0.6) is 0 Å². The summed E-state index contributed by atoms with van der Waals surface area (Å²) in [5.41, 5.74) is 0. The van der Waals surface area contributed by atoms with Crippen LogP contribution in [0.3, 0.4) is 0 Å². The largest absolute Gasteiger partial charge is 0.466 e. The van der Waals surface area contributed by atoms with E-state index in [9.17, 15) is 19.8 Å². The Labute approximate surface area is 391 Å². The summed E-state index contributed by atoms with van der Waals surface area (Å²) in [6, 6.07) is -0.633. The number of amides is 1. The lowest BCUT2D eigenvalue weighted by Gasteiger charge is -2.20. The van der Waals surface area contributed by atoms with Crippen molar-refractivity contribution in [2.45, 2.75) is 289 Å². The van der Waals surface area contributed by atoms with E-state index < -0.39 is 12.1 Å². The first kappa shape index (κ1) is 60.8. The first-order valence-corrected chi connectivity index (χ1v) is 27.4. The summed E-state index contributed by atoms with van der Waals surface area (Å²) >= 11 is 0. The van der Waals surface area contributed by atoms with Crippen molar-refractivity contribution in [1.29, 1.82) is 0 Å². The number of rotatable bonds is 50. The molecule has 63 heavy (non-hydrogen) atoms. The van der Waals surface area contributed by atoms with Crippen molar-refractivity contribution in [2.75, 3.05) is 13.2 Å². The molecule has 2 unspecified atom stereocenters. The summed E-state index contributed by atoms with van der Waals surface area (Å²) in [5, 5.41) is 22.9. The molecule has 0 fully saturated rings. The number of aliphatic hydroxyl groups excluding tert-OH is 2. The molecular weight excluding hydrogens is 779 g/mol. The highest BCUT2D eigenvalue weighted by molar-refractivity contribution is 5.76. The molecule has 0 spiro atoms. The highest BCUT2D eigenvalue weighted by Gasteiger charge is 2.18. The fraction of sp³-hybridized carbons (Fsp3) is 0.825. The Balaban J connectivity index is 3.45. The van der Waals surface area contributed by atoms with E-state index in [0.717, 1.165) is 57.8 Å². The van der Waals surface area contributed by atoms with Crippen LogP contribution in [0, 0.1) is 0 Å². The van der Waals surface area contributed by atoms with Crippen LogP contribution in [-0.4, -0.2) is 47.4 Å². The molecule has 0 aliphatic rings. The molecule has 0 aliphatic carbocycles. The third kappa shape index (κ3) is 49.1. The number of carbonyl (C=O) groups excluding carboxylic acids is 2. The normalized spacial score (nSPS) is 13.0. The van der Waals surface area contributed by atoms with Crippen LogP contribution >= 0.6 is 0 Å². The summed E-state index contributed by atoms with van der Waals surface area (Å²) in [4.78, 5) is 24.4. The van der Waals surface area contributed by atoms with Crippen molar-refractivity contribution in [3.8, 4) is 0 Å². The van der Waals surface area contributed by atoms with Crippen molar-refractivity contribution in [1.82, 2.24) is 5.32 Å². The Morgan fingerprint density at radius 2 is 0.794 bits per heavy atom. The molecule has 0 aromatic rings. The second-order valence-electron chi connectivity index (χ2n) is 18.5. The minimum Gasteiger partial charge on any atom is -0.466 e. The number of hydrogen-bond donors (Lipinski definition) is 3. The molecule has 3 N–H and O–H groups in total. The van der Waals surface area contributed by atoms with E-state index in [4.69, 9.17) is 4.74 Å². The summed E-state index contributed by atoms with van der Waals surface area (Å²) in [5.74, 6) is -0.0888. The highest BCUT2D eigenvalue weighted by atomic mass is 16.5. The minimum absolute atomic E-state index is 0.00886. The Bertz CT molecular complexity index is 1070. The molecule has 1 amide bonds. The van der Waals surface area contributed by atoms with E-state index in [1.807, 2.05) is 6.08 Å². The Morgan fingerprint density at radius 1 is 0.444 bits per heavy atom. The number of esters is 1. The van der Waals surface area contributed by atoms with Gasteiger partial charge in [0.25, 0.3) is 0 Å². The van der Waals surface area contributed by atoms with Gasteiger partial charge in [0.05, 0.1) is 25.4 Å². The topological polar surface area (TPSA) is 95.9 Å². The van der Waals surface area contributed by atoms with Crippen LogP contribution in [0.2, 0.25) is 0 Å². The highest BCUT2D eigenvalue weighted by Crippen LogP contribution is 2.15. The van der Waals surface area contributed by atoms with Crippen LogP contribution < -0.4 is 5.32 Å². The number of unbranched alkanes of at least 4 members (excludes halogenated alkanes) is 33. The number of hydrogen-bond acceptors (Lipinski definition) is 5. The zero-order valence-electron chi connectivity index (χ0n) is 41.8. The maximum Gasteiger partial charge on any atom is 0.305 e. The molecule has 0 aliphatic heterocycles. The van der Waals surface area contributed by atoms with Gasteiger partial charge in [-0.25, -0.2) is 0 Å². The van der Waals surface area contributed by atoms with Gasteiger partial charge in [-0.1, -0.05) is 223 Å². The Hall–Kier alpha value is -2.18. The quantitative estimate of drug-likeness (QED) is 0.0321. The molecule has 6 nitrogen and oxygen atoms in total. The molecule has 2 atom stereocenters. The van der Waals surface area contributed by atoms with Crippen LogP contribution in [0.4, 0.5) is 0 Å². The van der Waals surface area contributed by atoms with Gasteiger partial charge in [-0.3, -0.25) is 9.59 Å². The first-order valence-electron chi connectivity index (χ1n) is 27.4. The molecule has 368 valence electrons. The van der Waals surface area contributed by atoms with Gasteiger partial charge in [0.2, 0.25) is 5.91 Å². The van der Waals surface area contributed by atoms with Gasteiger partial charge in [-0.15, -0.1) is 0 Å². The lowest BCUT2D eigenvalue weighted by atomic mass is 10.1. The smallest absolute Gasteiger partial charge is 0.305 e. The van der Waals surface area contributed by atoms with E-state index in [-0.39, 0.29) is 18.5 Å². The van der Waals surface area contributed by atoms with Gasteiger partial charge < -0.3 is 20.3 Å². The number of ether oxygens (including phenoxy) is 1. The fourth-order valence-electron chi connectivity index (χ4n) is 8.07. The lowest BCUT2D eigenvalue weighted by Crippen LogP contribution is -2.45. The second kappa shape index (κ2) is 52.4. The third-order valence-electron chi connectivity index (χ3n) is 12.3. The van der Waals surface area contributed by atoms with Crippen molar-refractivity contribution in [2.24, 2.45) is 0 Å². The van der Waals surface area contributed by atoms with E-state index >= 15 is 0 Å². The SMILES string of the molecule is CCCCCC/C=C\C/C=C\CCCCCCCC(=O)OCCCCCCCCCCC/C=C\CCCCCCCCCC(=O)NC(CO)C(O)/C=C/CCCCCCCCCC. The maximum absolute atomic E-state index is 12.4. The standard InChI is InChI=1S/C57H105NO5/c1-3-5-7-9-11-13-15-16-17-25-28-31-35-39-43-47-51-57(62)63-52-48-44-40-36-32-29-26-23-21-19-18-20-22-24-27-30-34-38-42-46-50-56(61)58-54(53-59)55(60)49-45-41-37-33-14-12-10-8-6-4-2/h13,15,17-18,20,25,45,49,54-55,59-60H,3-12,14,16,19,21-24,26-44,46-48,50-53H2,1-2H3,(H,58,61)/b15-13-,20-18-,25-17-,49-45+. The van der Waals surface area contributed by atoms with Crippen molar-refractivity contribution in [3.63, 3.8) is 0 Å². The summed E-state index contributed by atoms with van der Waals surface area (Å²) in [7, 11) is 0. The van der Waals surface area contributed by atoms with Crippen molar-refractivity contribution >= 4 is 11.9 Å². The zero-order valence-corrected chi connectivity index (χ0v) is 41.8. The predicted molar refractivity (Wildman–Crippen MR) is 273 cm³/mol. The Kier molecular flexibility index (Phi) is 50.6. The van der Waals surface area contributed by atoms with Crippen molar-refractivity contribution < 1.29 is 24.5 Å². The van der Waals surface area contributed by atoms with Crippen LogP contribution in [-0.2, 0) is 14.3 Å². The van der Waals surface area contributed by atoms with Crippen LogP contribution in [0.25, 0.3) is 0 Å².